The van der Waals surface area contributed by atoms with Crippen molar-refractivity contribution in [1.29, 1.82) is 0 Å². The zero-order chi connectivity index (χ0) is 21.6. The molecule has 0 saturated carbocycles. The number of aryl methyl sites for hydroxylation is 1. The lowest BCUT2D eigenvalue weighted by Crippen LogP contribution is -2.37. The summed E-state index contributed by atoms with van der Waals surface area (Å²) in [6, 6.07) is 8.63. The first-order chi connectivity index (χ1) is 14.3. The third-order valence-electron chi connectivity index (χ3n) is 6.15. The number of halogens is 2. The minimum Gasteiger partial charge on any atom is -0.497 e. The van der Waals surface area contributed by atoms with Crippen LogP contribution in [0.1, 0.15) is 41.1 Å². The van der Waals surface area contributed by atoms with Crippen molar-refractivity contribution in [2.24, 2.45) is 18.9 Å². The highest BCUT2D eigenvalue weighted by Crippen LogP contribution is 2.45. The second-order valence-corrected chi connectivity index (χ2v) is 7.90. The summed E-state index contributed by atoms with van der Waals surface area (Å²) in [6.07, 6.45) is -2.72. The van der Waals surface area contributed by atoms with Gasteiger partial charge in [0.2, 0.25) is 5.91 Å². The molecular weight excluding hydrogens is 394 g/mol. The van der Waals surface area contributed by atoms with E-state index in [9.17, 15) is 18.4 Å². The number of aromatic nitrogens is 2. The van der Waals surface area contributed by atoms with Crippen LogP contribution in [0, 0.1) is 11.8 Å². The van der Waals surface area contributed by atoms with Crippen LogP contribution in [0.3, 0.4) is 0 Å². The summed E-state index contributed by atoms with van der Waals surface area (Å²) in [5.74, 6) is 0.629. The molecule has 4 rings (SSSR count). The Hall–Kier alpha value is -2.97. The number of carbonyl (C=O) groups is 2. The zero-order valence-electron chi connectivity index (χ0n) is 17.1. The molecule has 0 bridgehead atoms. The number of methoxy groups -OCH3 is 1. The van der Waals surface area contributed by atoms with Crippen molar-refractivity contribution < 1.29 is 23.1 Å². The van der Waals surface area contributed by atoms with Crippen molar-refractivity contribution >= 4 is 11.8 Å². The number of rotatable bonds is 4. The standard InChI is InChI=1S/C21H24F2N4O3/c1-12(28)27-10-14-9-26(21(29)18-8-17(20(22)23)24-25(18)2)11-16(14)19(27)13-4-6-15(30-3)7-5-13/h4-8,14,16,19-20H,9-11H2,1-3H3/t14-,16-,19+/m1/s1. The third kappa shape index (κ3) is 3.42. The molecule has 0 radical (unpaired) electrons. The number of alkyl halides is 2. The van der Waals surface area contributed by atoms with Crippen LogP contribution in [-0.2, 0) is 11.8 Å². The molecule has 2 aromatic rings. The summed E-state index contributed by atoms with van der Waals surface area (Å²) < 4.78 is 32.3. The number of hydrogen-bond donors (Lipinski definition) is 0. The Labute approximate surface area is 173 Å². The SMILES string of the molecule is COc1ccc([C@H]2[C@@H]3CN(C(=O)c4cc(C(F)F)nn4C)C[C@@H]3CN2C(C)=O)cc1. The number of fused-ring (bicyclic) bond motifs is 1. The molecule has 1 aromatic carbocycles. The molecule has 9 heteroatoms. The second kappa shape index (κ2) is 7.70. The molecule has 0 aliphatic carbocycles. The van der Waals surface area contributed by atoms with Crippen LogP contribution >= 0.6 is 0 Å². The predicted octanol–water partition coefficient (Wildman–Crippen LogP) is 2.66. The Morgan fingerprint density at radius 3 is 2.43 bits per heavy atom. The summed E-state index contributed by atoms with van der Waals surface area (Å²) in [7, 11) is 3.09. The Morgan fingerprint density at radius 2 is 1.87 bits per heavy atom. The smallest absolute Gasteiger partial charge is 0.282 e. The summed E-state index contributed by atoms with van der Waals surface area (Å²) >= 11 is 0. The van der Waals surface area contributed by atoms with E-state index < -0.39 is 12.1 Å². The fourth-order valence-corrected chi connectivity index (χ4v) is 4.72. The maximum absolute atomic E-state index is 13.0. The number of benzene rings is 1. The van der Waals surface area contributed by atoms with E-state index in [1.807, 2.05) is 29.2 Å². The van der Waals surface area contributed by atoms with Crippen molar-refractivity contribution in [2.75, 3.05) is 26.7 Å². The van der Waals surface area contributed by atoms with Crippen LogP contribution in [0.2, 0.25) is 0 Å². The maximum Gasteiger partial charge on any atom is 0.282 e. The van der Waals surface area contributed by atoms with Gasteiger partial charge in [0.25, 0.3) is 12.3 Å². The largest absolute Gasteiger partial charge is 0.497 e. The highest BCUT2D eigenvalue weighted by atomic mass is 19.3. The number of ether oxygens (including phenoxy) is 1. The van der Waals surface area contributed by atoms with Crippen molar-refractivity contribution in [1.82, 2.24) is 19.6 Å². The molecular formula is C21H24F2N4O3. The number of nitrogens with zero attached hydrogens (tertiary/aromatic N) is 4. The summed E-state index contributed by atoms with van der Waals surface area (Å²) in [5.41, 5.74) is 0.738. The topological polar surface area (TPSA) is 67.7 Å². The van der Waals surface area contributed by atoms with Gasteiger partial charge in [-0.25, -0.2) is 8.78 Å². The van der Waals surface area contributed by atoms with Gasteiger partial charge in [-0.3, -0.25) is 14.3 Å². The minimum atomic E-state index is -2.72. The average molecular weight is 418 g/mol. The van der Waals surface area contributed by atoms with Gasteiger partial charge < -0.3 is 14.5 Å². The third-order valence-corrected chi connectivity index (χ3v) is 6.15. The maximum atomic E-state index is 13.0. The van der Waals surface area contributed by atoms with E-state index in [4.69, 9.17) is 4.74 Å². The van der Waals surface area contributed by atoms with Gasteiger partial charge in [0.05, 0.1) is 13.2 Å². The normalized spacial score (nSPS) is 23.2. The van der Waals surface area contributed by atoms with Gasteiger partial charge in [-0.05, 0) is 23.8 Å². The molecule has 2 aliphatic rings. The van der Waals surface area contributed by atoms with Gasteiger partial charge in [0.15, 0.2) is 0 Å². The van der Waals surface area contributed by atoms with E-state index in [0.29, 0.717) is 19.6 Å². The molecule has 0 unspecified atom stereocenters. The minimum absolute atomic E-state index is 0.00342. The monoisotopic (exact) mass is 418 g/mol. The molecule has 160 valence electrons. The van der Waals surface area contributed by atoms with Crippen LogP contribution in [-0.4, -0.2) is 58.1 Å². The quantitative estimate of drug-likeness (QED) is 0.766. The highest BCUT2D eigenvalue weighted by Gasteiger charge is 2.49. The van der Waals surface area contributed by atoms with Gasteiger partial charge in [0, 0.05) is 45.4 Å². The molecule has 2 fully saturated rings. The lowest BCUT2D eigenvalue weighted by Gasteiger charge is -2.29. The van der Waals surface area contributed by atoms with Crippen LogP contribution in [0.5, 0.6) is 5.75 Å². The van der Waals surface area contributed by atoms with Gasteiger partial charge in [-0.2, -0.15) is 5.10 Å². The van der Waals surface area contributed by atoms with Crippen molar-refractivity contribution in [2.45, 2.75) is 19.4 Å². The first-order valence-corrected chi connectivity index (χ1v) is 9.82. The Balaban J connectivity index is 1.58. The first-order valence-electron chi connectivity index (χ1n) is 9.82. The molecule has 2 saturated heterocycles. The molecule has 2 aliphatic heterocycles. The summed E-state index contributed by atoms with van der Waals surface area (Å²) in [5, 5.41) is 3.74. The van der Waals surface area contributed by atoms with E-state index >= 15 is 0 Å². The van der Waals surface area contributed by atoms with Crippen LogP contribution in [0.4, 0.5) is 8.78 Å². The molecule has 0 spiro atoms. The number of amides is 2. The van der Waals surface area contributed by atoms with Crippen LogP contribution in [0.25, 0.3) is 0 Å². The molecule has 30 heavy (non-hydrogen) atoms. The zero-order valence-corrected chi connectivity index (χ0v) is 17.1. The first kappa shape index (κ1) is 20.3. The van der Waals surface area contributed by atoms with E-state index in [2.05, 4.69) is 5.10 Å². The van der Waals surface area contributed by atoms with Crippen molar-refractivity contribution in [3.8, 4) is 5.75 Å². The number of likely N-dealkylation sites (tertiary alicyclic amines) is 2. The number of carbonyl (C=O) groups excluding carboxylic acids is 2. The number of hydrogen-bond acceptors (Lipinski definition) is 4. The predicted molar refractivity (Wildman–Crippen MR) is 104 cm³/mol. The molecule has 3 atom stereocenters. The molecule has 7 nitrogen and oxygen atoms in total. The van der Waals surface area contributed by atoms with Gasteiger partial charge in [-0.15, -0.1) is 0 Å². The molecule has 2 amide bonds. The summed E-state index contributed by atoms with van der Waals surface area (Å²) in [4.78, 5) is 28.8. The Morgan fingerprint density at radius 1 is 1.17 bits per heavy atom. The lowest BCUT2D eigenvalue weighted by atomic mass is 9.89. The van der Waals surface area contributed by atoms with Gasteiger partial charge >= 0.3 is 0 Å². The fraction of sp³-hybridized carbons (Fsp3) is 0.476. The highest BCUT2D eigenvalue weighted by molar-refractivity contribution is 5.93. The second-order valence-electron chi connectivity index (χ2n) is 7.90. The Kier molecular flexibility index (Phi) is 5.21. The molecule has 3 heterocycles. The van der Waals surface area contributed by atoms with E-state index in [1.54, 1.807) is 18.9 Å². The van der Waals surface area contributed by atoms with E-state index in [-0.39, 0.29) is 35.4 Å². The summed E-state index contributed by atoms with van der Waals surface area (Å²) in [6.45, 7) is 3.06. The van der Waals surface area contributed by atoms with Gasteiger partial charge in [-0.1, -0.05) is 12.1 Å². The van der Waals surface area contributed by atoms with E-state index in [0.717, 1.165) is 17.4 Å². The van der Waals surface area contributed by atoms with E-state index in [1.165, 1.54) is 11.7 Å². The van der Waals surface area contributed by atoms with Gasteiger partial charge in [0.1, 0.15) is 17.1 Å². The van der Waals surface area contributed by atoms with Crippen molar-refractivity contribution in [3.63, 3.8) is 0 Å². The van der Waals surface area contributed by atoms with Crippen LogP contribution in [0.15, 0.2) is 30.3 Å². The van der Waals surface area contributed by atoms with Crippen molar-refractivity contribution in [3.05, 3.63) is 47.3 Å². The molecule has 0 N–H and O–H groups in total. The molecule has 1 aromatic heterocycles. The Bertz CT molecular complexity index is 960. The lowest BCUT2D eigenvalue weighted by molar-refractivity contribution is -0.130. The fourth-order valence-electron chi connectivity index (χ4n) is 4.72. The van der Waals surface area contributed by atoms with Crippen LogP contribution < -0.4 is 4.74 Å². The average Bonchev–Trinajstić information content (AvgIpc) is 3.39.